The number of nitrogens with one attached hydrogen (secondary N) is 1. The van der Waals surface area contributed by atoms with Crippen molar-refractivity contribution in [3.63, 3.8) is 0 Å². The maximum atomic E-state index is 4.41. The van der Waals surface area contributed by atoms with E-state index in [1.807, 2.05) is 6.20 Å². The van der Waals surface area contributed by atoms with Gasteiger partial charge >= 0.3 is 0 Å². The number of aryl methyl sites for hydroxylation is 1. The van der Waals surface area contributed by atoms with Crippen LogP contribution in [0.1, 0.15) is 29.7 Å². The Hall–Kier alpha value is -1.61. The normalized spacial score (nSPS) is 14.9. The molecule has 0 bridgehead atoms. The van der Waals surface area contributed by atoms with Gasteiger partial charge in [0.2, 0.25) is 0 Å². The second kappa shape index (κ2) is 4.94. The third kappa shape index (κ3) is 2.79. The topological polar surface area (TPSA) is 29.9 Å². The first-order valence-electron chi connectivity index (χ1n) is 6.61. The second-order valence-electron chi connectivity index (χ2n) is 5.12. The maximum Gasteiger partial charge on any atom is 0.0663 e. The molecule has 0 aliphatic heterocycles. The quantitative estimate of drug-likeness (QED) is 0.871. The highest BCUT2D eigenvalue weighted by atomic mass is 15.3. The Balaban J connectivity index is 1.67. The summed E-state index contributed by atoms with van der Waals surface area (Å²) >= 11 is 0. The molecule has 94 valence electrons. The Labute approximate surface area is 108 Å². The summed E-state index contributed by atoms with van der Waals surface area (Å²) < 4.78 is 2.08. The van der Waals surface area contributed by atoms with Gasteiger partial charge in [0.05, 0.1) is 12.2 Å². The highest BCUT2D eigenvalue weighted by Gasteiger charge is 2.20. The van der Waals surface area contributed by atoms with Crippen LogP contribution >= 0.6 is 0 Å². The number of nitrogens with zero attached hydrogens (tertiary/aromatic N) is 2. The molecule has 3 nitrogen and oxygen atoms in total. The van der Waals surface area contributed by atoms with Crippen LogP contribution in [0.5, 0.6) is 0 Å². The summed E-state index contributed by atoms with van der Waals surface area (Å²) in [6, 6.07) is 11.5. The van der Waals surface area contributed by atoms with Gasteiger partial charge in [0.15, 0.2) is 0 Å². The summed E-state index contributed by atoms with van der Waals surface area (Å²) in [6.07, 6.45) is 4.54. The molecule has 1 aromatic heterocycles. The third-order valence-corrected chi connectivity index (χ3v) is 3.41. The molecular formula is C15H19N3. The average molecular weight is 241 g/mol. The Morgan fingerprint density at radius 1 is 1.22 bits per heavy atom. The lowest BCUT2D eigenvalue weighted by atomic mass is 10.1. The van der Waals surface area contributed by atoms with Gasteiger partial charge in [-0.25, -0.2) is 0 Å². The zero-order valence-electron chi connectivity index (χ0n) is 10.8. The number of benzene rings is 1. The predicted octanol–water partition coefficient (Wildman–Crippen LogP) is 2.49. The van der Waals surface area contributed by atoms with E-state index < -0.39 is 0 Å². The van der Waals surface area contributed by atoms with E-state index in [2.05, 4.69) is 52.4 Å². The van der Waals surface area contributed by atoms with E-state index in [0.717, 1.165) is 19.1 Å². The lowest BCUT2D eigenvalue weighted by molar-refractivity contribution is 0.593. The summed E-state index contributed by atoms with van der Waals surface area (Å²) in [5.74, 6) is 0. The smallest absolute Gasteiger partial charge is 0.0663 e. The summed E-state index contributed by atoms with van der Waals surface area (Å²) in [4.78, 5) is 0. The maximum absolute atomic E-state index is 4.41. The van der Waals surface area contributed by atoms with Gasteiger partial charge in [-0.2, -0.15) is 5.10 Å². The lowest BCUT2D eigenvalue weighted by Crippen LogP contribution is -2.18. The number of hydrogen-bond donors (Lipinski definition) is 1. The molecule has 0 radical (unpaired) electrons. The largest absolute Gasteiger partial charge is 0.308 e. The minimum Gasteiger partial charge on any atom is -0.308 e. The summed E-state index contributed by atoms with van der Waals surface area (Å²) in [7, 11) is 0. The second-order valence-corrected chi connectivity index (χ2v) is 5.12. The van der Waals surface area contributed by atoms with Crippen LogP contribution in [0.3, 0.4) is 0 Å². The molecular weight excluding hydrogens is 222 g/mol. The standard InChI is InChI=1S/C15H19N3/c1-12-2-4-13(5-3-12)11-18-15(8-9-17-18)10-16-14-6-7-14/h2-5,8-9,14,16H,6-7,10-11H2,1H3. The summed E-state index contributed by atoms with van der Waals surface area (Å²) in [5, 5.41) is 7.94. The molecule has 0 spiro atoms. The molecule has 0 amide bonds. The number of aromatic nitrogens is 2. The monoisotopic (exact) mass is 241 g/mol. The van der Waals surface area contributed by atoms with Crippen molar-refractivity contribution in [2.45, 2.75) is 38.9 Å². The molecule has 3 heteroatoms. The minimum atomic E-state index is 0.743. The molecule has 1 aromatic carbocycles. The van der Waals surface area contributed by atoms with Gasteiger partial charge in [0, 0.05) is 18.8 Å². The van der Waals surface area contributed by atoms with Crippen molar-refractivity contribution in [3.8, 4) is 0 Å². The van der Waals surface area contributed by atoms with Crippen molar-refractivity contribution >= 4 is 0 Å². The van der Waals surface area contributed by atoms with Gasteiger partial charge in [-0.1, -0.05) is 29.8 Å². The van der Waals surface area contributed by atoms with Gasteiger partial charge < -0.3 is 5.32 Å². The summed E-state index contributed by atoms with van der Waals surface area (Å²) in [5.41, 5.74) is 3.87. The minimum absolute atomic E-state index is 0.743. The molecule has 1 aliphatic rings. The van der Waals surface area contributed by atoms with Crippen molar-refractivity contribution in [1.82, 2.24) is 15.1 Å². The van der Waals surface area contributed by atoms with Crippen LogP contribution in [-0.2, 0) is 13.1 Å². The highest BCUT2D eigenvalue weighted by Crippen LogP contribution is 2.19. The average Bonchev–Trinajstić information content (AvgIpc) is 3.11. The van der Waals surface area contributed by atoms with E-state index in [4.69, 9.17) is 0 Å². The molecule has 1 N–H and O–H groups in total. The van der Waals surface area contributed by atoms with E-state index in [1.54, 1.807) is 0 Å². The Morgan fingerprint density at radius 2 is 2.00 bits per heavy atom. The van der Waals surface area contributed by atoms with Crippen LogP contribution in [0.2, 0.25) is 0 Å². The zero-order chi connectivity index (χ0) is 12.4. The van der Waals surface area contributed by atoms with Crippen LogP contribution in [0.25, 0.3) is 0 Å². The third-order valence-electron chi connectivity index (χ3n) is 3.41. The highest BCUT2D eigenvalue weighted by molar-refractivity contribution is 5.21. The van der Waals surface area contributed by atoms with E-state index in [1.165, 1.54) is 29.7 Å². The first-order chi connectivity index (χ1) is 8.81. The molecule has 1 heterocycles. The SMILES string of the molecule is Cc1ccc(Cn2nccc2CNC2CC2)cc1. The fourth-order valence-corrected chi connectivity index (χ4v) is 2.06. The molecule has 1 saturated carbocycles. The fraction of sp³-hybridized carbons (Fsp3) is 0.400. The van der Waals surface area contributed by atoms with Crippen molar-refractivity contribution < 1.29 is 0 Å². The van der Waals surface area contributed by atoms with E-state index in [0.29, 0.717) is 0 Å². The molecule has 3 rings (SSSR count). The first kappa shape index (κ1) is 11.5. The molecule has 1 fully saturated rings. The van der Waals surface area contributed by atoms with E-state index >= 15 is 0 Å². The number of hydrogen-bond acceptors (Lipinski definition) is 2. The molecule has 2 aromatic rings. The summed E-state index contributed by atoms with van der Waals surface area (Å²) in [6.45, 7) is 3.90. The zero-order valence-corrected chi connectivity index (χ0v) is 10.8. The van der Waals surface area contributed by atoms with Gasteiger partial charge in [-0.3, -0.25) is 4.68 Å². The van der Waals surface area contributed by atoms with Crippen molar-refractivity contribution in [2.24, 2.45) is 0 Å². The van der Waals surface area contributed by atoms with Crippen molar-refractivity contribution in [3.05, 3.63) is 53.3 Å². The van der Waals surface area contributed by atoms with Gasteiger partial charge in [0.1, 0.15) is 0 Å². The van der Waals surface area contributed by atoms with Crippen molar-refractivity contribution in [1.29, 1.82) is 0 Å². The van der Waals surface area contributed by atoms with Crippen LogP contribution in [-0.4, -0.2) is 15.8 Å². The Kier molecular flexibility index (Phi) is 3.15. The molecule has 0 unspecified atom stereocenters. The van der Waals surface area contributed by atoms with Gasteiger partial charge in [-0.05, 0) is 31.4 Å². The predicted molar refractivity (Wildman–Crippen MR) is 72.4 cm³/mol. The molecule has 1 aliphatic carbocycles. The lowest BCUT2D eigenvalue weighted by Gasteiger charge is -2.08. The van der Waals surface area contributed by atoms with E-state index in [-0.39, 0.29) is 0 Å². The van der Waals surface area contributed by atoms with Crippen LogP contribution < -0.4 is 5.32 Å². The van der Waals surface area contributed by atoms with Gasteiger partial charge in [-0.15, -0.1) is 0 Å². The Morgan fingerprint density at radius 3 is 2.72 bits per heavy atom. The fourth-order valence-electron chi connectivity index (χ4n) is 2.06. The first-order valence-corrected chi connectivity index (χ1v) is 6.61. The Bertz CT molecular complexity index is 509. The molecule has 18 heavy (non-hydrogen) atoms. The van der Waals surface area contributed by atoms with E-state index in [9.17, 15) is 0 Å². The van der Waals surface area contributed by atoms with Gasteiger partial charge in [0.25, 0.3) is 0 Å². The van der Waals surface area contributed by atoms with Crippen LogP contribution in [0.15, 0.2) is 36.5 Å². The molecule has 0 saturated heterocycles. The molecule has 0 atom stereocenters. The number of rotatable bonds is 5. The van der Waals surface area contributed by atoms with Crippen molar-refractivity contribution in [2.75, 3.05) is 0 Å². The van der Waals surface area contributed by atoms with Crippen LogP contribution in [0.4, 0.5) is 0 Å². The van der Waals surface area contributed by atoms with Crippen LogP contribution in [0, 0.1) is 6.92 Å².